The summed E-state index contributed by atoms with van der Waals surface area (Å²) in [5, 5.41) is 2.76. The summed E-state index contributed by atoms with van der Waals surface area (Å²) in [7, 11) is 0. The van der Waals surface area contributed by atoms with Crippen LogP contribution in [0.15, 0.2) is 41.3 Å². The number of carbonyl (C=O) groups is 1. The molecule has 0 aliphatic heterocycles. The molecule has 0 spiro atoms. The van der Waals surface area contributed by atoms with Crippen molar-refractivity contribution in [1.29, 1.82) is 0 Å². The lowest BCUT2D eigenvalue weighted by atomic mass is 10.1. The summed E-state index contributed by atoms with van der Waals surface area (Å²) in [6, 6.07) is 10.0. The van der Waals surface area contributed by atoms with Crippen LogP contribution in [0.25, 0.3) is 5.65 Å². The second-order valence-corrected chi connectivity index (χ2v) is 7.01. The zero-order valence-corrected chi connectivity index (χ0v) is 16.2. The van der Waals surface area contributed by atoms with Crippen molar-refractivity contribution < 1.29 is 9.53 Å². The lowest BCUT2D eigenvalue weighted by molar-refractivity contribution is 0.0528. The predicted octanol–water partition coefficient (Wildman–Crippen LogP) is 2.32. The largest absolute Gasteiger partial charge is 0.462 e. The molecule has 1 aliphatic rings. The summed E-state index contributed by atoms with van der Waals surface area (Å²) in [5.74, 6) is 2.21. The molecule has 29 heavy (non-hydrogen) atoms. The van der Waals surface area contributed by atoms with Gasteiger partial charge in [0.25, 0.3) is 5.56 Å². The van der Waals surface area contributed by atoms with Gasteiger partial charge in [-0.25, -0.2) is 14.3 Å². The van der Waals surface area contributed by atoms with Gasteiger partial charge in [0, 0.05) is 24.8 Å². The molecule has 0 fully saturated rings. The molecule has 1 aliphatic carbocycles. The molecule has 2 aromatic heterocycles. The zero-order valence-electron chi connectivity index (χ0n) is 16.2. The van der Waals surface area contributed by atoms with E-state index in [-0.39, 0.29) is 29.4 Å². The topological polar surface area (TPSA) is 79.7 Å². The van der Waals surface area contributed by atoms with Gasteiger partial charge in [0.05, 0.1) is 18.8 Å². The number of aryl methyl sites for hydroxylation is 1. The van der Waals surface area contributed by atoms with Crippen LogP contribution in [0.5, 0.6) is 0 Å². The lowest BCUT2D eigenvalue weighted by Gasteiger charge is -2.27. The van der Waals surface area contributed by atoms with Crippen molar-refractivity contribution >= 4 is 11.6 Å². The Balaban J connectivity index is 1.68. The van der Waals surface area contributed by atoms with Crippen LogP contribution in [0.1, 0.15) is 46.6 Å². The quantitative estimate of drug-likeness (QED) is 0.516. The fourth-order valence-corrected chi connectivity index (χ4v) is 3.98. The molecule has 0 radical (unpaired) electrons. The molecule has 0 amide bonds. The maximum absolute atomic E-state index is 12.5. The number of hydrogen-bond acceptors (Lipinski definition) is 5. The van der Waals surface area contributed by atoms with E-state index >= 15 is 0 Å². The molecule has 7 nitrogen and oxygen atoms in total. The van der Waals surface area contributed by atoms with Crippen LogP contribution in [0.3, 0.4) is 0 Å². The summed E-state index contributed by atoms with van der Waals surface area (Å²) in [6.07, 6.45) is 9.04. The van der Waals surface area contributed by atoms with E-state index in [2.05, 4.69) is 33.0 Å². The molecule has 148 valence electrons. The first-order valence-corrected chi connectivity index (χ1v) is 9.65. The molecule has 1 atom stereocenters. The predicted molar refractivity (Wildman–Crippen MR) is 109 cm³/mol. The minimum absolute atomic E-state index is 0.179. The number of fused-ring (bicyclic) bond motifs is 2. The Kier molecular flexibility index (Phi) is 5.19. The minimum atomic E-state index is -0.513. The van der Waals surface area contributed by atoms with Crippen molar-refractivity contribution in [3.8, 4) is 12.3 Å². The fourth-order valence-electron chi connectivity index (χ4n) is 3.98. The van der Waals surface area contributed by atoms with E-state index in [0.29, 0.717) is 18.8 Å². The second-order valence-electron chi connectivity index (χ2n) is 7.01. The number of H-pyrrole nitrogens is 1. The number of terminal acetylenes is 1. The number of nitrogens with zero attached hydrogens (tertiary/aromatic N) is 3. The van der Waals surface area contributed by atoms with Crippen molar-refractivity contribution in [3.05, 3.63) is 69.3 Å². The number of benzene rings is 1. The Morgan fingerprint density at radius 2 is 2.28 bits per heavy atom. The minimum Gasteiger partial charge on any atom is -0.462 e. The van der Waals surface area contributed by atoms with E-state index in [1.807, 2.05) is 12.1 Å². The molecular weight excluding hydrogens is 368 g/mol. The van der Waals surface area contributed by atoms with E-state index in [1.165, 1.54) is 27.9 Å². The Bertz CT molecular complexity index is 1150. The van der Waals surface area contributed by atoms with Crippen molar-refractivity contribution in [3.63, 3.8) is 0 Å². The zero-order chi connectivity index (χ0) is 20.4. The highest BCUT2D eigenvalue weighted by atomic mass is 16.5. The van der Waals surface area contributed by atoms with Gasteiger partial charge in [-0.2, -0.15) is 0 Å². The van der Waals surface area contributed by atoms with Crippen molar-refractivity contribution in [2.75, 3.05) is 13.2 Å². The van der Waals surface area contributed by atoms with Gasteiger partial charge in [0.15, 0.2) is 5.65 Å². The van der Waals surface area contributed by atoms with Crippen LogP contribution < -0.4 is 5.56 Å². The number of esters is 1. The Morgan fingerprint density at radius 1 is 1.45 bits per heavy atom. The van der Waals surface area contributed by atoms with E-state index in [4.69, 9.17) is 11.2 Å². The number of carbonyl (C=O) groups excluding carboxylic acids is 1. The van der Waals surface area contributed by atoms with E-state index in [9.17, 15) is 9.59 Å². The van der Waals surface area contributed by atoms with Gasteiger partial charge in [0.1, 0.15) is 5.56 Å². The first-order chi connectivity index (χ1) is 14.1. The molecular formula is C22H22N4O3. The fraction of sp³-hybridized carbons (Fsp3) is 0.318. The summed E-state index contributed by atoms with van der Waals surface area (Å²) >= 11 is 0. The Morgan fingerprint density at radius 3 is 3.07 bits per heavy atom. The Hall–Kier alpha value is -3.37. The molecule has 7 heteroatoms. The maximum atomic E-state index is 12.5. The van der Waals surface area contributed by atoms with Gasteiger partial charge in [-0.1, -0.05) is 30.2 Å². The lowest BCUT2D eigenvalue weighted by Crippen LogP contribution is -2.29. The molecule has 1 unspecified atom stereocenters. The van der Waals surface area contributed by atoms with Crippen LogP contribution >= 0.6 is 0 Å². The van der Waals surface area contributed by atoms with Gasteiger partial charge in [-0.05, 0) is 30.9 Å². The van der Waals surface area contributed by atoms with Gasteiger partial charge in [-0.15, -0.1) is 6.42 Å². The number of nitrogens with one attached hydrogen (secondary N) is 1. The highest BCUT2D eigenvalue weighted by molar-refractivity contribution is 5.95. The number of ether oxygens (including phenoxy) is 1. The monoisotopic (exact) mass is 390 g/mol. The van der Waals surface area contributed by atoms with Crippen molar-refractivity contribution in [1.82, 2.24) is 19.5 Å². The maximum Gasteiger partial charge on any atom is 0.343 e. The van der Waals surface area contributed by atoms with Crippen LogP contribution in [-0.2, 0) is 17.7 Å². The third-order valence-electron chi connectivity index (χ3n) is 5.25. The van der Waals surface area contributed by atoms with Crippen LogP contribution in [0.4, 0.5) is 0 Å². The molecule has 2 heterocycles. The average Bonchev–Trinajstić information content (AvgIpc) is 3.32. The van der Waals surface area contributed by atoms with Gasteiger partial charge in [-0.3, -0.25) is 14.8 Å². The van der Waals surface area contributed by atoms with Crippen molar-refractivity contribution in [2.45, 2.75) is 32.4 Å². The molecule has 1 aromatic carbocycles. The summed E-state index contributed by atoms with van der Waals surface area (Å²) in [5.41, 5.74) is 3.39. The van der Waals surface area contributed by atoms with Crippen LogP contribution in [0.2, 0.25) is 0 Å². The highest BCUT2D eigenvalue weighted by Crippen LogP contribution is 2.36. The molecule has 0 bridgehead atoms. The average molecular weight is 390 g/mol. The normalized spacial score (nSPS) is 15.4. The standard InChI is InChI=1S/C22H22N4O3/c1-3-11-25(19-10-9-15-7-5-6-8-17(15)19)14-16-12-20(27)26-21(24-16)18(13-23-26)22(28)29-4-2/h1,5-8,12-13,19,23H,4,9-11,14H2,2H3. The first kappa shape index (κ1) is 19.0. The molecule has 0 saturated carbocycles. The van der Waals surface area contributed by atoms with Crippen LogP contribution in [0, 0.1) is 12.3 Å². The molecule has 3 aromatic rings. The van der Waals surface area contributed by atoms with Gasteiger partial charge < -0.3 is 4.74 Å². The SMILES string of the molecule is C#CCN(Cc1cc(=O)n2[nH]cc(C(=O)OCC)c2n1)C1CCc2ccccc21. The number of aromatic amines is 1. The number of aromatic nitrogens is 3. The third-order valence-corrected chi connectivity index (χ3v) is 5.25. The number of rotatable bonds is 6. The summed E-state index contributed by atoms with van der Waals surface area (Å²) in [6.45, 7) is 2.84. The third kappa shape index (κ3) is 3.55. The smallest absolute Gasteiger partial charge is 0.343 e. The van der Waals surface area contributed by atoms with E-state index in [0.717, 1.165) is 12.8 Å². The molecule has 1 N–H and O–H groups in total. The molecule has 0 saturated heterocycles. The highest BCUT2D eigenvalue weighted by Gasteiger charge is 2.28. The van der Waals surface area contributed by atoms with E-state index < -0.39 is 5.97 Å². The Labute approximate surface area is 168 Å². The van der Waals surface area contributed by atoms with E-state index in [1.54, 1.807) is 6.92 Å². The van der Waals surface area contributed by atoms with Gasteiger partial charge >= 0.3 is 5.97 Å². The number of hydrogen-bond donors (Lipinski definition) is 1. The summed E-state index contributed by atoms with van der Waals surface area (Å²) < 4.78 is 6.31. The molecule has 4 rings (SSSR count). The van der Waals surface area contributed by atoms with Crippen LogP contribution in [-0.4, -0.2) is 38.6 Å². The second kappa shape index (κ2) is 7.94. The van der Waals surface area contributed by atoms with Crippen molar-refractivity contribution in [2.24, 2.45) is 0 Å². The summed E-state index contributed by atoms with van der Waals surface area (Å²) in [4.78, 5) is 31.4. The first-order valence-electron chi connectivity index (χ1n) is 9.65. The van der Waals surface area contributed by atoms with Gasteiger partial charge in [0.2, 0.25) is 0 Å².